The van der Waals surface area contributed by atoms with Gasteiger partial charge in [0.1, 0.15) is 5.82 Å². The van der Waals surface area contributed by atoms with Crippen molar-refractivity contribution in [1.82, 2.24) is 24.8 Å². The molecule has 3 aromatic heterocycles. The first-order valence-corrected chi connectivity index (χ1v) is 12.5. The van der Waals surface area contributed by atoms with E-state index in [1.165, 1.54) is 24.1 Å². The predicted octanol–water partition coefficient (Wildman–Crippen LogP) is 4.25. The van der Waals surface area contributed by atoms with Gasteiger partial charge in [0.15, 0.2) is 0 Å². The van der Waals surface area contributed by atoms with E-state index in [0.29, 0.717) is 12.1 Å². The quantitative estimate of drug-likeness (QED) is 0.472. The highest BCUT2D eigenvalue weighted by Crippen LogP contribution is 2.37. The van der Waals surface area contributed by atoms with Crippen molar-refractivity contribution in [3.63, 3.8) is 0 Å². The number of rotatable bonds is 4. The summed E-state index contributed by atoms with van der Waals surface area (Å²) in [7, 11) is 0. The van der Waals surface area contributed by atoms with Gasteiger partial charge in [-0.05, 0) is 66.6 Å². The number of hydrogen-bond donors (Lipinski definition) is 2. The molecule has 7 nitrogen and oxygen atoms in total. The molecule has 3 aliphatic rings. The highest BCUT2D eigenvalue weighted by atomic mass is 16.1. The Morgan fingerprint density at radius 2 is 1.91 bits per heavy atom. The van der Waals surface area contributed by atoms with Crippen LogP contribution in [0.1, 0.15) is 45.6 Å². The first kappa shape index (κ1) is 20.6. The molecule has 1 fully saturated rings. The molecule has 176 valence electrons. The number of aryl methyl sites for hydroxylation is 1. The second kappa shape index (κ2) is 7.92. The van der Waals surface area contributed by atoms with E-state index in [1.807, 2.05) is 29.0 Å². The minimum Gasteiger partial charge on any atom is -0.348 e. The molecular weight excluding hydrogens is 436 g/mol. The fourth-order valence-corrected chi connectivity index (χ4v) is 5.61. The summed E-state index contributed by atoms with van der Waals surface area (Å²) in [5, 5.41) is 11.0. The Kier molecular flexibility index (Phi) is 4.67. The van der Waals surface area contributed by atoms with Crippen LogP contribution in [-0.4, -0.2) is 44.5 Å². The molecule has 1 aliphatic carbocycles. The highest BCUT2D eigenvalue weighted by molar-refractivity contribution is 6.06. The second-order valence-corrected chi connectivity index (χ2v) is 9.99. The standard InChI is InChI=1S/C28H28N6O/c1-17-2-8-25-21(15-30-34(25)16-17)20-6-7-24(27-22(20)14-29-28(27)35)32-26-9-3-18-10-12-33(19-4-5-19)13-11-23(18)31-26/h2-3,6-9,15-16,19H,4-5,10-14H2,1H3,(H,29,35)(H,31,32). The van der Waals surface area contributed by atoms with Crippen LogP contribution in [0, 0.1) is 6.92 Å². The predicted molar refractivity (Wildman–Crippen MR) is 136 cm³/mol. The molecule has 0 atom stereocenters. The lowest BCUT2D eigenvalue weighted by Crippen LogP contribution is -2.28. The number of amides is 1. The maximum Gasteiger partial charge on any atom is 0.254 e. The Hall–Kier alpha value is -3.71. The molecule has 0 radical (unpaired) electrons. The number of aromatic nitrogens is 3. The lowest BCUT2D eigenvalue weighted by atomic mass is 9.96. The summed E-state index contributed by atoms with van der Waals surface area (Å²) < 4.78 is 1.90. The molecular formula is C28H28N6O. The van der Waals surface area contributed by atoms with Crippen LogP contribution < -0.4 is 10.6 Å². The Labute approximate surface area is 204 Å². The lowest BCUT2D eigenvalue weighted by molar-refractivity contribution is 0.0966. The monoisotopic (exact) mass is 464 g/mol. The SMILES string of the molecule is Cc1ccc2c(-c3ccc(Nc4ccc5c(n4)CCN(C4CC4)CC5)c4c3CNC4=O)cnn2c1. The van der Waals surface area contributed by atoms with Crippen LogP contribution in [0.4, 0.5) is 11.5 Å². The largest absolute Gasteiger partial charge is 0.348 e. The summed E-state index contributed by atoms with van der Waals surface area (Å²) in [5.41, 5.74) is 9.29. The Balaban J connectivity index is 1.22. The van der Waals surface area contributed by atoms with Gasteiger partial charge in [0.05, 0.1) is 23.0 Å². The van der Waals surface area contributed by atoms with Crippen LogP contribution in [0.3, 0.4) is 0 Å². The number of fused-ring (bicyclic) bond motifs is 3. The van der Waals surface area contributed by atoms with Gasteiger partial charge in [-0.15, -0.1) is 0 Å². The molecule has 1 aromatic carbocycles. The van der Waals surface area contributed by atoms with Crippen LogP contribution in [0.2, 0.25) is 0 Å². The topological polar surface area (TPSA) is 74.6 Å². The number of nitrogens with zero attached hydrogens (tertiary/aromatic N) is 4. The van der Waals surface area contributed by atoms with Crippen molar-refractivity contribution >= 4 is 22.9 Å². The summed E-state index contributed by atoms with van der Waals surface area (Å²) in [5.74, 6) is 0.747. The van der Waals surface area contributed by atoms with Crippen LogP contribution in [0.15, 0.2) is 48.8 Å². The summed E-state index contributed by atoms with van der Waals surface area (Å²) in [6, 6.07) is 13.3. The molecule has 0 spiro atoms. The lowest BCUT2D eigenvalue weighted by Gasteiger charge is -2.18. The zero-order chi connectivity index (χ0) is 23.5. The Morgan fingerprint density at radius 1 is 1.03 bits per heavy atom. The fraction of sp³-hybridized carbons (Fsp3) is 0.321. The van der Waals surface area contributed by atoms with Gasteiger partial charge >= 0.3 is 0 Å². The first-order chi connectivity index (χ1) is 17.1. The maximum atomic E-state index is 12.9. The van der Waals surface area contributed by atoms with E-state index in [0.717, 1.165) is 71.2 Å². The van der Waals surface area contributed by atoms with Crippen molar-refractivity contribution < 1.29 is 4.79 Å². The molecule has 1 amide bonds. The van der Waals surface area contributed by atoms with Crippen molar-refractivity contribution in [2.45, 2.75) is 45.2 Å². The van der Waals surface area contributed by atoms with Gasteiger partial charge < -0.3 is 10.6 Å². The molecule has 0 bridgehead atoms. The third kappa shape index (κ3) is 3.58. The molecule has 4 aromatic rings. The third-order valence-electron chi connectivity index (χ3n) is 7.62. The average Bonchev–Trinajstić information content (AvgIpc) is 3.56. The van der Waals surface area contributed by atoms with E-state index in [4.69, 9.17) is 4.98 Å². The number of carbonyl (C=O) groups excluding carboxylic acids is 1. The summed E-state index contributed by atoms with van der Waals surface area (Å²) >= 11 is 0. The normalized spacial score (nSPS) is 17.7. The molecule has 35 heavy (non-hydrogen) atoms. The minimum atomic E-state index is -0.0495. The van der Waals surface area contributed by atoms with Gasteiger partial charge in [-0.3, -0.25) is 9.69 Å². The molecule has 2 N–H and O–H groups in total. The number of anilines is 2. The van der Waals surface area contributed by atoms with Crippen LogP contribution in [0.5, 0.6) is 0 Å². The van der Waals surface area contributed by atoms with Crippen molar-refractivity contribution in [3.05, 3.63) is 76.7 Å². The zero-order valence-electron chi connectivity index (χ0n) is 19.8. The Morgan fingerprint density at radius 3 is 2.80 bits per heavy atom. The molecule has 5 heterocycles. The van der Waals surface area contributed by atoms with E-state index in [-0.39, 0.29) is 5.91 Å². The molecule has 7 heteroatoms. The van der Waals surface area contributed by atoms with Gasteiger partial charge in [-0.2, -0.15) is 5.10 Å². The van der Waals surface area contributed by atoms with Gasteiger partial charge in [0.2, 0.25) is 0 Å². The number of carbonyl (C=O) groups is 1. The summed E-state index contributed by atoms with van der Waals surface area (Å²) in [4.78, 5) is 20.5. The Bertz CT molecular complexity index is 1480. The van der Waals surface area contributed by atoms with E-state index >= 15 is 0 Å². The molecule has 0 saturated heterocycles. The van der Waals surface area contributed by atoms with E-state index in [2.05, 4.69) is 51.8 Å². The first-order valence-electron chi connectivity index (χ1n) is 12.5. The van der Waals surface area contributed by atoms with E-state index < -0.39 is 0 Å². The average molecular weight is 465 g/mol. The second-order valence-electron chi connectivity index (χ2n) is 9.99. The minimum absolute atomic E-state index is 0.0495. The smallest absolute Gasteiger partial charge is 0.254 e. The molecule has 2 aliphatic heterocycles. The van der Waals surface area contributed by atoms with E-state index in [9.17, 15) is 4.79 Å². The number of nitrogens with one attached hydrogen (secondary N) is 2. The van der Waals surface area contributed by atoms with Crippen molar-refractivity contribution in [2.75, 3.05) is 18.4 Å². The maximum absolute atomic E-state index is 12.9. The van der Waals surface area contributed by atoms with Gasteiger partial charge in [0.25, 0.3) is 5.91 Å². The number of hydrogen-bond acceptors (Lipinski definition) is 5. The highest BCUT2D eigenvalue weighted by Gasteiger charge is 2.30. The van der Waals surface area contributed by atoms with Crippen molar-refractivity contribution in [2.24, 2.45) is 0 Å². The third-order valence-corrected chi connectivity index (χ3v) is 7.62. The number of benzene rings is 1. The van der Waals surface area contributed by atoms with Crippen molar-refractivity contribution in [3.8, 4) is 11.1 Å². The summed E-state index contributed by atoms with van der Waals surface area (Å²) in [6.07, 6.45) is 8.63. The van der Waals surface area contributed by atoms with Crippen LogP contribution >= 0.6 is 0 Å². The van der Waals surface area contributed by atoms with E-state index in [1.54, 1.807) is 0 Å². The summed E-state index contributed by atoms with van der Waals surface area (Å²) in [6.45, 7) is 4.78. The van der Waals surface area contributed by atoms with Gasteiger partial charge in [-0.1, -0.05) is 18.2 Å². The number of pyridine rings is 2. The molecule has 0 unspecified atom stereocenters. The molecule has 7 rings (SSSR count). The van der Waals surface area contributed by atoms with Gasteiger partial charge in [-0.25, -0.2) is 9.50 Å². The fourth-order valence-electron chi connectivity index (χ4n) is 5.61. The van der Waals surface area contributed by atoms with Crippen LogP contribution in [0.25, 0.3) is 16.6 Å². The zero-order valence-corrected chi connectivity index (χ0v) is 19.8. The van der Waals surface area contributed by atoms with Gasteiger partial charge in [0, 0.05) is 49.6 Å². The van der Waals surface area contributed by atoms with Crippen LogP contribution in [-0.2, 0) is 19.4 Å². The molecule has 1 saturated carbocycles. The van der Waals surface area contributed by atoms with Crippen molar-refractivity contribution in [1.29, 1.82) is 0 Å².